The van der Waals surface area contributed by atoms with Crippen molar-refractivity contribution in [2.75, 3.05) is 13.1 Å². The van der Waals surface area contributed by atoms with E-state index in [-0.39, 0.29) is 40.8 Å². The zero-order valence-electron chi connectivity index (χ0n) is 24.6. The SMILES string of the molecule is CC(=O)N(O)CCCCCNC(=O)CCC(C)C1CCC2C3C(O)CC4CC(O)CCC4(C)C3CC(O)C12C. The second-order valence-corrected chi connectivity index (χ2v) is 14.1. The van der Waals surface area contributed by atoms with Gasteiger partial charge in [-0.15, -0.1) is 0 Å². The standard InChI is InChI=1S/C31H54N2O6/c1-19(8-11-28(38)32-14-6-5-7-15-33(39)20(2)34)23-9-10-24-29-25(18-27(37)31(23,24)4)30(3)13-12-22(35)16-21(30)17-26(29)36/h19,21-27,29,35-37,39H,5-18H2,1-4H3,(H,32,38). The van der Waals surface area contributed by atoms with Gasteiger partial charge in [0.2, 0.25) is 11.8 Å². The van der Waals surface area contributed by atoms with Crippen LogP contribution in [0.4, 0.5) is 0 Å². The van der Waals surface area contributed by atoms with Gasteiger partial charge in [-0.2, -0.15) is 0 Å². The Morgan fingerprint density at radius 3 is 2.46 bits per heavy atom. The number of nitrogens with one attached hydrogen (secondary N) is 1. The van der Waals surface area contributed by atoms with Crippen molar-refractivity contribution < 1.29 is 30.1 Å². The molecule has 4 aliphatic rings. The van der Waals surface area contributed by atoms with Gasteiger partial charge in [-0.25, -0.2) is 5.06 Å². The lowest BCUT2D eigenvalue weighted by Crippen LogP contribution is -2.62. The van der Waals surface area contributed by atoms with Crippen molar-refractivity contribution in [3.8, 4) is 0 Å². The van der Waals surface area contributed by atoms with Gasteiger partial charge in [-0.3, -0.25) is 14.8 Å². The summed E-state index contributed by atoms with van der Waals surface area (Å²) in [6.07, 6.45) is 8.74. The number of carbonyl (C=O) groups excluding carboxylic acids is 2. The molecule has 0 aromatic heterocycles. The zero-order chi connectivity index (χ0) is 28.5. The predicted molar refractivity (Wildman–Crippen MR) is 148 cm³/mol. The first kappa shape index (κ1) is 30.7. The molecule has 0 spiro atoms. The normalized spacial score (nSPS) is 42.2. The van der Waals surface area contributed by atoms with Crippen molar-refractivity contribution >= 4 is 11.8 Å². The first-order valence-electron chi connectivity index (χ1n) is 15.7. The smallest absolute Gasteiger partial charge is 0.242 e. The number of aliphatic hydroxyl groups excluding tert-OH is 3. The number of fused-ring (bicyclic) bond motifs is 5. The van der Waals surface area contributed by atoms with Crippen molar-refractivity contribution in [3.05, 3.63) is 0 Å². The van der Waals surface area contributed by atoms with E-state index in [9.17, 15) is 30.1 Å². The highest BCUT2D eigenvalue weighted by molar-refractivity contribution is 5.75. The van der Waals surface area contributed by atoms with Gasteiger partial charge in [0.15, 0.2) is 0 Å². The lowest BCUT2D eigenvalue weighted by Gasteiger charge is -2.63. The van der Waals surface area contributed by atoms with Gasteiger partial charge in [0.25, 0.3) is 0 Å². The molecule has 39 heavy (non-hydrogen) atoms. The van der Waals surface area contributed by atoms with E-state index in [4.69, 9.17) is 0 Å². The number of unbranched alkanes of at least 4 members (excludes halogenated alkanes) is 2. The molecule has 4 saturated carbocycles. The molecule has 8 heteroatoms. The molecule has 0 aromatic rings. The van der Waals surface area contributed by atoms with Crippen LogP contribution in [0.25, 0.3) is 0 Å². The van der Waals surface area contributed by atoms with E-state index in [0.29, 0.717) is 55.5 Å². The van der Waals surface area contributed by atoms with Crippen LogP contribution in [0.1, 0.15) is 105 Å². The summed E-state index contributed by atoms with van der Waals surface area (Å²) in [5, 5.41) is 46.6. The number of hydroxylamine groups is 2. The molecule has 0 bridgehead atoms. The Morgan fingerprint density at radius 2 is 1.74 bits per heavy atom. The van der Waals surface area contributed by atoms with Crippen LogP contribution in [0.5, 0.6) is 0 Å². The molecule has 4 rings (SSSR count). The number of nitrogens with zero attached hydrogens (tertiary/aromatic N) is 1. The second kappa shape index (κ2) is 12.3. The molecule has 0 saturated heterocycles. The van der Waals surface area contributed by atoms with Crippen LogP contribution in [-0.4, -0.2) is 68.8 Å². The fourth-order valence-electron chi connectivity index (χ4n) is 9.73. The molecule has 224 valence electrons. The summed E-state index contributed by atoms with van der Waals surface area (Å²) in [7, 11) is 0. The molecule has 4 fully saturated rings. The average molecular weight is 551 g/mol. The summed E-state index contributed by atoms with van der Waals surface area (Å²) in [6, 6.07) is 0. The Kier molecular flexibility index (Phi) is 9.72. The number of amides is 2. The molecule has 11 unspecified atom stereocenters. The van der Waals surface area contributed by atoms with Crippen molar-refractivity contribution in [2.45, 2.75) is 123 Å². The van der Waals surface area contributed by atoms with E-state index < -0.39 is 6.10 Å². The van der Waals surface area contributed by atoms with E-state index in [0.717, 1.165) is 69.3 Å². The van der Waals surface area contributed by atoms with Crippen LogP contribution in [0, 0.1) is 46.3 Å². The van der Waals surface area contributed by atoms with Gasteiger partial charge in [-0.05, 0) is 117 Å². The number of carbonyl (C=O) groups is 2. The molecule has 5 N–H and O–H groups in total. The van der Waals surface area contributed by atoms with Gasteiger partial charge in [0, 0.05) is 26.4 Å². The lowest BCUT2D eigenvalue weighted by molar-refractivity contribution is -0.207. The minimum Gasteiger partial charge on any atom is -0.393 e. The number of hydrogen-bond acceptors (Lipinski definition) is 6. The summed E-state index contributed by atoms with van der Waals surface area (Å²) in [5.74, 6) is 1.48. The highest BCUT2D eigenvalue weighted by Gasteiger charge is 2.65. The van der Waals surface area contributed by atoms with Crippen molar-refractivity contribution in [3.63, 3.8) is 0 Å². The van der Waals surface area contributed by atoms with Crippen molar-refractivity contribution in [1.29, 1.82) is 0 Å². The fourth-order valence-corrected chi connectivity index (χ4v) is 9.73. The minimum absolute atomic E-state index is 0.0551. The van der Waals surface area contributed by atoms with E-state index in [1.807, 2.05) is 0 Å². The number of hydrogen-bond donors (Lipinski definition) is 5. The maximum Gasteiger partial charge on any atom is 0.242 e. The van der Waals surface area contributed by atoms with Crippen molar-refractivity contribution in [1.82, 2.24) is 10.4 Å². The van der Waals surface area contributed by atoms with E-state index in [2.05, 4.69) is 26.1 Å². The Balaban J connectivity index is 1.29. The van der Waals surface area contributed by atoms with Gasteiger partial charge < -0.3 is 20.6 Å². The van der Waals surface area contributed by atoms with Gasteiger partial charge in [0.05, 0.1) is 18.3 Å². The van der Waals surface area contributed by atoms with E-state index in [1.54, 1.807) is 0 Å². The highest BCUT2D eigenvalue weighted by Crippen LogP contribution is 2.68. The first-order valence-corrected chi connectivity index (χ1v) is 15.7. The predicted octanol–water partition coefficient (Wildman–Crippen LogP) is 3.89. The fraction of sp³-hybridized carbons (Fsp3) is 0.935. The Labute approximate surface area is 234 Å². The third-order valence-corrected chi connectivity index (χ3v) is 12.1. The van der Waals surface area contributed by atoms with Crippen LogP contribution in [-0.2, 0) is 9.59 Å². The molecule has 0 aromatic carbocycles. The molecule has 0 radical (unpaired) electrons. The van der Waals surface area contributed by atoms with Gasteiger partial charge in [-0.1, -0.05) is 20.8 Å². The third-order valence-electron chi connectivity index (χ3n) is 12.1. The van der Waals surface area contributed by atoms with E-state index in [1.165, 1.54) is 6.92 Å². The monoisotopic (exact) mass is 550 g/mol. The molecule has 4 aliphatic carbocycles. The van der Waals surface area contributed by atoms with Crippen LogP contribution in [0.15, 0.2) is 0 Å². The molecular formula is C31H54N2O6. The molecular weight excluding hydrogens is 496 g/mol. The van der Waals surface area contributed by atoms with Gasteiger partial charge in [0.1, 0.15) is 0 Å². The van der Waals surface area contributed by atoms with Crippen LogP contribution < -0.4 is 5.32 Å². The second-order valence-electron chi connectivity index (χ2n) is 14.1. The van der Waals surface area contributed by atoms with Crippen LogP contribution in [0.3, 0.4) is 0 Å². The van der Waals surface area contributed by atoms with Crippen LogP contribution in [0.2, 0.25) is 0 Å². The van der Waals surface area contributed by atoms with Crippen molar-refractivity contribution in [2.24, 2.45) is 46.3 Å². The molecule has 0 aliphatic heterocycles. The number of aliphatic hydroxyl groups is 3. The Hall–Kier alpha value is -1.22. The topological polar surface area (TPSA) is 130 Å². The summed E-state index contributed by atoms with van der Waals surface area (Å²) < 4.78 is 0. The maximum absolute atomic E-state index is 12.5. The van der Waals surface area contributed by atoms with Crippen LogP contribution >= 0.6 is 0 Å². The maximum atomic E-state index is 12.5. The molecule has 11 atom stereocenters. The Morgan fingerprint density at radius 1 is 1.00 bits per heavy atom. The summed E-state index contributed by atoms with van der Waals surface area (Å²) in [4.78, 5) is 23.6. The quantitative estimate of drug-likeness (QED) is 0.159. The Bertz CT molecular complexity index is 870. The molecule has 8 nitrogen and oxygen atoms in total. The lowest BCUT2D eigenvalue weighted by atomic mass is 9.43. The zero-order valence-corrected chi connectivity index (χ0v) is 24.6. The average Bonchev–Trinajstić information content (AvgIpc) is 3.24. The first-order chi connectivity index (χ1) is 18.4. The third kappa shape index (κ3) is 6.05. The highest BCUT2D eigenvalue weighted by atomic mass is 16.5. The minimum atomic E-state index is -0.403. The molecule has 0 heterocycles. The summed E-state index contributed by atoms with van der Waals surface area (Å²) in [6.45, 7) is 9.10. The van der Waals surface area contributed by atoms with E-state index >= 15 is 0 Å². The summed E-state index contributed by atoms with van der Waals surface area (Å²) >= 11 is 0. The number of rotatable bonds is 10. The van der Waals surface area contributed by atoms with Gasteiger partial charge >= 0.3 is 0 Å². The largest absolute Gasteiger partial charge is 0.393 e. The summed E-state index contributed by atoms with van der Waals surface area (Å²) in [5.41, 5.74) is -0.159. The molecule has 2 amide bonds.